The Morgan fingerprint density at radius 3 is 2.41 bits per heavy atom. The second-order valence-corrected chi connectivity index (χ2v) is 5.30. The van der Waals surface area contributed by atoms with E-state index in [1.54, 1.807) is 0 Å². The normalized spacial score (nSPS) is 17.0. The fourth-order valence-corrected chi connectivity index (χ4v) is 3.06. The van der Waals surface area contributed by atoms with E-state index in [0.717, 1.165) is 12.1 Å². The van der Waals surface area contributed by atoms with Gasteiger partial charge in [-0.05, 0) is 23.6 Å². The van der Waals surface area contributed by atoms with Crippen LogP contribution in [0.1, 0.15) is 11.1 Å². The standard InChI is InChI=1S/C18H13NO3/c20-17-15(13-7-2-1-3-8-13)16(18(21)22-17)19-11-10-12-6-4-5-9-14(12)19/h1-9H,10-11H2. The minimum absolute atomic E-state index is 0.348. The van der Waals surface area contributed by atoms with Crippen LogP contribution in [-0.4, -0.2) is 18.5 Å². The number of hydrogen-bond donors (Lipinski definition) is 0. The van der Waals surface area contributed by atoms with Gasteiger partial charge in [0.05, 0.1) is 5.57 Å². The topological polar surface area (TPSA) is 46.6 Å². The van der Waals surface area contributed by atoms with Gasteiger partial charge in [-0.2, -0.15) is 0 Å². The number of esters is 2. The van der Waals surface area contributed by atoms with Gasteiger partial charge in [-0.15, -0.1) is 0 Å². The fourth-order valence-electron chi connectivity index (χ4n) is 3.06. The van der Waals surface area contributed by atoms with E-state index >= 15 is 0 Å². The van der Waals surface area contributed by atoms with E-state index in [0.29, 0.717) is 23.4 Å². The van der Waals surface area contributed by atoms with E-state index in [-0.39, 0.29) is 0 Å². The molecule has 4 heteroatoms. The summed E-state index contributed by atoms with van der Waals surface area (Å²) in [5, 5.41) is 0. The van der Waals surface area contributed by atoms with Crippen LogP contribution in [0.2, 0.25) is 0 Å². The number of cyclic esters (lactones) is 2. The number of hydrogen-bond acceptors (Lipinski definition) is 4. The van der Waals surface area contributed by atoms with Crippen molar-refractivity contribution in [3.8, 4) is 0 Å². The lowest BCUT2D eigenvalue weighted by atomic mass is 10.0. The van der Waals surface area contributed by atoms with Gasteiger partial charge in [-0.3, -0.25) is 0 Å². The number of carbonyl (C=O) groups excluding carboxylic acids is 2. The molecule has 0 N–H and O–H groups in total. The molecule has 0 amide bonds. The number of ether oxygens (including phenoxy) is 1. The van der Waals surface area contributed by atoms with Crippen molar-refractivity contribution in [2.24, 2.45) is 0 Å². The van der Waals surface area contributed by atoms with Crippen molar-refractivity contribution in [3.05, 3.63) is 71.4 Å². The lowest BCUT2D eigenvalue weighted by molar-refractivity contribution is -0.150. The number of benzene rings is 2. The van der Waals surface area contributed by atoms with Crippen molar-refractivity contribution in [1.29, 1.82) is 0 Å². The second kappa shape index (κ2) is 4.84. The molecule has 4 nitrogen and oxygen atoms in total. The van der Waals surface area contributed by atoms with Crippen LogP contribution in [0, 0.1) is 0 Å². The van der Waals surface area contributed by atoms with Crippen molar-refractivity contribution < 1.29 is 14.3 Å². The molecule has 0 atom stereocenters. The van der Waals surface area contributed by atoms with Gasteiger partial charge in [0.15, 0.2) is 0 Å². The van der Waals surface area contributed by atoms with Crippen LogP contribution < -0.4 is 4.90 Å². The minimum atomic E-state index is -0.574. The first kappa shape index (κ1) is 12.8. The molecule has 4 rings (SSSR count). The van der Waals surface area contributed by atoms with Crippen molar-refractivity contribution in [2.75, 3.05) is 11.4 Å². The van der Waals surface area contributed by atoms with Crippen LogP contribution in [0.3, 0.4) is 0 Å². The molecule has 2 heterocycles. The highest BCUT2D eigenvalue weighted by molar-refractivity contribution is 6.32. The molecule has 0 saturated carbocycles. The van der Waals surface area contributed by atoms with E-state index in [1.807, 2.05) is 59.5 Å². The third kappa shape index (κ3) is 1.84. The van der Waals surface area contributed by atoms with Gasteiger partial charge in [-0.25, -0.2) is 9.59 Å². The highest BCUT2D eigenvalue weighted by Gasteiger charge is 2.39. The number of para-hydroxylation sites is 1. The maximum atomic E-state index is 12.2. The molecular weight excluding hydrogens is 278 g/mol. The summed E-state index contributed by atoms with van der Waals surface area (Å²) in [7, 11) is 0. The van der Waals surface area contributed by atoms with Crippen molar-refractivity contribution in [1.82, 2.24) is 0 Å². The molecule has 0 radical (unpaired) electrons. The van der Waals surface area contributed by atoms with Crippen molar-refractivity contribution in [3.63, 3.8) is 0 Å². The summed E-state index contributed by atoms with van der Waals surface area (Å²) >= 11 is 0. The summed E-state index contributed by atoms with van der Waals surface area (Å²) in [6.07, 6.45) is 0.850. The van der Waals surface area contributed by atoms with Crippen molar-refractivity contribution in [2.45, 2.75) is 6.42 Å². The van der Waals surface area contributed by atoms with Crippen molar-refractivity contribution >= 4 is 23.2 Å². The van der Waals surface area contributed by atoms with E-state index in [1.165, 1.54) is 5.56 Å². The Kier molecular flexibility index (Phi) is 2.82. The quantitative estimate of drug-likeness (QED) is 0.630. The second-order valence-electron chi connectivity index (χ2n) is 5.30. The molecule has 2 aliphatic rings. The van der Waals surface area contributed by atoms with Crippen LogP contribution in [-0.2, 0) is 20.7 Å². The molecule has 0 aromatic heterocycles. The molecule has 0 unspecified atom stereocenters. The number of fused-ring (bicyclic) bond motifs is 1. The monoisotopic (exact) mass is 291 g/mol. The molecule has 0 bridgehead atoms. The molecular formula is C18H13NO3. The van der Waals surface area contributed by atoms with Crippen LogP contribution in [0.25, 0.3) is 5.57 Å². The summed E-state index contributed by atoms with van der Waals surface area (Å²) in [5.74, 6) is -1.14. The SMILES string of the molecule is O=C1OC(=O)C(N2CCc3ccccc32)=C1c1ccccc1. The Hall–Kier alpha value is -2.88. The third-order valence-electron chi connectivity index (χ3n) is 4.04. The highest BCUT2D eigenvalue weighted by Crippen LogP contribution is 2.37. The Balaban J connectivity index is 1.89. The molecule has 0 saturated heterocycles. The molecule has 2 aromatic rings. The fraction of sp³-hybridized carbons (Fsp3) is 0.111. The average Bonchev–Trinajstić information content (AvgIpc) is 3.08. The molecule has 2 aromatic carbocycles. The van der Waals surface area contributed by atoms with Gasteiger partial charge < -0.3 is 9.64 Å². The predicted octanol–water partition coefficient (Wildman–Crippen LogP) is 2.54. The summed E-state index contributed by atoms with van der Waals surface area (Å²) < 4.78 is 4.87. The average molecular weight is 291 g/mol. The van der Waals surface area contributed by atoms with Crippen LogP contribution in [0.15, 0.2) is 60.3 Å². The van der Waals surface area contributed by atoms with Crippen LogP contribution >= 0.6 is 0 Å². The van der Waals surface area contributed by atoms with Gasteiger partial charge in [0, 0.05) is 12.2 Å². The molecule has 22 heavy (non-hydrogen) atoms. The summed E-state index contributed by atoms with van der Waals surface area (Å²) in [5.41, 5.74) is 3.55. The minimum Gasteiger partial charge on any atom is -0.385 e. The molecule has 108 valence electrons. The zero-order valence-electron chi connectivity index (χ0n) is 11.8. The number of anilines is 1. The molecule has 0 spiro atoms. The number of rotatable bonds is 2. The summed E-state index contributed by atoms with van der Waals surface area (Å²) in [6, 6.07) is 17.1. The first-order valence-electron chi connectivity index (χ1n) is 7.17. The maximum absolute atomic E-state index is 12.2. The number of nitrogens with zero attached hydrogens (tertiary/aromatic N) is 1. The Bertz CT molecular complexity index is 808. The Morgan fingerprint density at radius 2 is 1.59 bits per heavy atom. The highest BCUT2D eigenvalue weighted by atomic mass is 16.6. The van der Waals surface area contributed by atoms with Crippen LogP contribution in [0.4, 0.5) is 5.69 Å². The van der Waals surface area contributed by atoms with Gasteiger partial charge in [0.1, 0.15) is 5.70 Å². The van der Waals surface area contributed by atoms with Gasteiger partial charge in [-0.1, -0.05) is 48.5 Å². The first-order valence-corrected chi connectivity index (χ1v) is 7.17. The zero-order valence-corrected chi connectivity index (χ0v) is 11.8. The zero-order chi connectivity index (χ0) is 15.1. The smallest absolute Gasteiger partial charge is 0.363 e. The predicted molar refractivity (Wildman–Crippen MR) is 82.0 cm³/mol. The lowest BCUT2D eigenvalue weighted by Gasteiger charge is -2.19. The largest absolute Gasteiger partial charge is 0.385 e. The third-order valence-corrected chi connectivity index (χ3v) is 4.04. The van der Waals surface area contributed by atoms with E-state index in [4.69, 9.17) is 4.74 Å². The Labute approximate surface area is 127 Å². The lowest BCUT2D eigenvalue weighted by Crippen LogP contribution is -2.24. The molecule has 0 aliphatic carbocycles. The van der Waals surface area contributed by atoms with Gasteiger partial charge in [0.2, 0.25) is 0 Å². The number of carbonyl (C=O) groups is 2. The Morgan fingerprint density at radius 1 is 0.864 bits per heavy atom. The summed E-state index contributed by atoms with van der Waals surface area (Å²) in [6.45, 7) is 0.674. The summed E-state index contributed by atoms with van der Waals surface area (Å²) in [4.78, 5) is 26.3. The molecule has 2 aliphatic heterocycles. The maximum Gasteiger partial charge on any atom is 0.363 e. The van der Waals surface area contributed by atoms with Gasteiger partial charge in [0.25, 0.3) is 0 Å². The molecule has 0 fully saturated rings. The van der Waals surface area contributed by atoms with E-state index in [2.05, 4.69) is 0 Å². The first-order chi connectivity index (χ1) is 10.8. The van der Waals surface area contributed by atoms with E-state index < -0.39 is 11.9 Å². The van der Waals surface area contributed by atoms with E-state index in [9.17, 15) is 9.59 Å². The van der Waals surface area contributed by atoms with Crippen LogP contribution in [0.5, 0.6) is 0 Å². The van der Waals surface area contributed by atoms with Gasteiger partial charge >= 0.3 is 11.9 Å².